The maximum Gasteiger partial charge on any atom is 0.196 e. The highest BCUT2D eigenvalue weighted by Gasteiger charge is 2.26. The molecule has 0 N–H and O–H groups in total. The molecular weight excluding hydrogens is 526 g/mol. The fraction of sp³-hybridized carbons (Fsp3) is 0.0606. The Morgan fingerprint density at radius 3 is 2.08 bits per heavy atom. The standard InChI is InChI=1S/C33H22ClNO5/c1-20-16-28-32(38-19-25-17-29(35-40-25)21-12-14-24(34)15-13-21)26(30(36)22-8-4-2-5-9-22)18-27(33(28)39-20)31(37)23-10-6-3-7-11-23/h2-18H,19H2,1H3. The molecule has 40 heavy (non-hydrogen) atoms. The third kappa shape index (κ3) is 4.93. The number of rotatable bonds is 8. The first-order valence-corrected chi connectivity index (χ1v) is 13.0. The third-order valence-electron chi connectivity index (χ3n) is 6.50. The molecule has 0 bridgehead atoms. The van der Waals surface area contributed by atoms with E-state index in [0.29, 0.717) is 50.1 Å². The summed E-state index contributed by atoms with van der Waals surface area (Å²) in [7, 11) is 0. The van der Waals surface area contributed by atoms with Crippen molar-refractivity contribution in [1.82, 2.24) is 5.16 Å². The van der Waals surface area contributed by atoms with Gasteiger partial charge in [0.25, 0.3) is 0 Å². The van der Waals surface area contributed by atoms with Crippen molar-refractivity contribution in [3.05, 3.63) is 142 Å². The number of halogens is 1. The minimum atomic E-state index is -0.280. The fourth-order valence-electron chi connectivity index (χ4n) is 4.57. The van der Waals surface area contributed by atoms with Crippen molar-refractivity contribution >= 4 is 34.1 Å². The second-order valence-electron chi connectivity index (χ2n) is 9.26. The highest BCUT2D eigenvalue weighted by Crippen LogP contribution is 2.38. The van der Waals surface area contributed by atoms with Crippen LogP contribution in [0.3, 0.4) is 0 Å². The SMILES string of the molecule is Cc1cc2c(OCc3cc(-c4ccc(Cl)cc4)no3)c(C(=O)c3ccccc3)cc(C(=O)c3ccccc3)c2o1. The van der Waals surface area contributed by atoms with E-state index in [-0.39, 0.29) is 29.3 Å². The van der Waals surface area contributed by atoms with Gasteiger partial charge >= 0.3 is 0 Å². The maximum absolute atomic E-state index is 13.8. The molecule has 0 atom stereocenters. The third-order valence-corrected chi connectivity index (χ3v) is 6.75. The van der Waals surface area contributed by atoms with Crippen LogP contribution in [-0.4, -0.2) is 16.7 Å². The van der Waals surface area contributed by atoms with Gasteiger partial charge in [0.2, 0.25) is 0 Å². The topological polar surface area (TPSA) is 82.5 Å². The lowest BCUT2D eigenvalue weighted by atomic mass is 9.94. The molecule has 0 aliphatic carbocycles. The van der Waals surface area contributed by atoms with Crippen LogP contribution in [0.5, 0.6) is 5.75 Å². The summed E-state index contributed by atoms with van der Waals surface area (Å²) in [6.45, 7) is 1.79. The number of nitrogens with zero attached hydrogens (tertiary/aromatic N) is 1. The monoisotopic (exact) mass is 547 g/mol. The molecule has 196 valence electrons. The number of carbonyl (C=O) groups excluding carboxylic acids is 2. The molecule has 0 aliphatic rings. The summed E-state index contributed by atoms with van der Waals surface area (Å²) in [4.78, 5) is 27.4. The quantitative estimate of drug-likeness (QED) is 0.179. The first-order chi connectivity index (χ1) is 19.5. The van der Waals surface area contributed by atoms with Crippen molar-refractivity contribution < 1.29 is 23.3 Å². The predicted octanol–water partition coefficient (Wildman–Crippen LogP) is 8.09. The summed E-state index contributed by atoms with van der Waals surface area (Å²) >= 11 is 6.00. The largest absolute Gasteiger partial charge is 0.484 e. The number of ether oxygens (including phenoxy) is 1. The molecule has 6 rings (SSSR count). The Labute approximate surface area is 234 Å². The normalized spacial score (nSPS) is 11.1. The average Bonchev–Trinajstić information content (AvgIpc) is 3.63. The Morgan fingerprint density at radius 1 is 0.800 bits per heavy atom. The van der Waals surface area contributed by atoms with E-state index in [4.69, 9.17) is 25.3 Å². The van der Waals surface area contributed by atoms with E-state index in [1.54, 1.807) is 85.8 Å². The summed E-state index contributed by atoms with van der Waals surface area (Å²) in [5, 5.41) is 5.29. The van der Waals surface area contributed by atoms with Gasteiger partial charge in [-0.2, -0.15) is 0 Å². The number of ketones is 2. The van der Waals surface area contributed by atoms with Crippen molar-refractivity contribution in [1.29, 1.82) is 0 Å². The smallest absolute Gasteiger partial charge is 0.196 e. The van der Waals surface area contributed by atoms with Crippen LogP contribution < -0.4 is 4.74 Å². The molecule has 0 fully saturated rings. The van der Waals surface area contributed by atoms with Gasteiger partial charge in [-0.05, 0) is 31.2 Å². The van der Waals surface area contributed by atoms with Gasteiger partial charge in [0.15, 0.2) is 17.3 Å². The Kier molecular flexibility index (Phi) is 6.76. The van der Waals surface area contributed by atoms with Crippen LogP contribution >= 0.6 is 11.6 Å². The van der Waals surface area contributed by atoms with E-state index in [1.807, 2.05) is 24.3 Å². The van der Waals surface area contributed by atoms with Crippen LogP contribution in [0.4, 0.5) is 0 Å². The van der Waals surface area contributed by atoms with Gasteiger partial charge in [0.1, 0.15) is 29.4 Å². The molecule has 2 heterocycles. The molecule has 0 aliphatic heterocycles. The molecule has 0 saturated carbocycles. The first kappa shape index (κ1) is 25.3. The highest BCUT2D eigenvalue weighted by molar-refractivity contribution is 6.30. The summed E-state index contributed by atoms with van der Waals surface area (Å²) in [5.41, 5.74) is 3.31. The predicted molar refractivity (Wildman–Crippen MR) is 152 cm³/mol. The van der Waals surface area contributed by atoms with Crippen molar-refractivity contribution in [3.8, 4) is 17.0 Å². The summed E-state index contributed by atoms with van der Waals surface area (Å²) in [5.74, 6) is 0.806. The van der Waals surface area contributed by atoms with E-state index in [0.717, 1.165) is 5.56 Å². The lowest BCUT2D eigenvalue weighted by molar-refractivity contribution is 0.103. The second kappa shape index (κ2) is 10.7. The molecule has 0 unspecified atom stereocenters. The zero-order valence-electron chi connectivity index (χ0n) is 21.4. The van der Waals surface area contributed by atoms with Gasteiger partial charge in [0, 0.05) is 27.8 Å². The lowest BCUT2D eigenvalue weighted by Gasteiger charge is -2.14. The Balaban J connectivity index is 1.43. The summed E-state index contributed by atoms with van der Waals surface area (Å²) < 4.78 is 17.8. The molecule has 0 amide bonds. The number of benzene rings is 4. The number of aryl methyl sites for hydroxylation is 1. The van der Waals surface area contributed by atoms with Crippen LogP contribution in [0, 0.1) is 6.92 Å². The zero-order chi connectivity index (χ0) is 27.6. The fourth-order valence-corrected chi connectivity index (χ4v) is 4.69. The van der Waals surface area contributed by atoms with Crippen LogP contribution in [0.2, 0.25) is 5.02 Å². The summed E-state index contributed by atoms with van der Waals surface area (Å²) in [6, 6.07) is 30.1. The van der Waals surface area contributed by atoms with Gasteiger partial charge in [-0.25, -0.2) is 0 Å². The zero-order valence-corrected chi connectivity index (χ0v) is 22.1. The number of furan rings is 1. The van der Waals surface area contributed by atoms with Gasteiger partial charge in [-0.15, -0.1) is 0 Å². The van der Waals surface area contributed by atoms with Gasteiger partial charge in [0.05, 0.1) is 16.5 Å². The average molecular weight is 548 g/mol. The molecule has 2 aromatic heterocycles. The molecule has 7 heteroatoms. The minimum Gasteiger partial charge on any atom is -0.484 e. The lowest BCUT2D eigenvalue weighted by Crippen LogP contribution is -2.10. The number of hydrogen-bond donors (Lipinski definition) is 0. The Hall–Kier alpha value is -4.94. The van der Waals surface area contributed by atoms with Gasteiger partial charge in [-0.3, -0.25) is 9.59 Å². The van der Waals surface area contributed by atoms with Crippen LogP contribution in [0.25, 0.3) is 22.2 Å². The van der Waals surface area contributed by atoms with Gasteiger partial charge < -0.3 is 13.7 Å². The van der Waals surface area contributed by atoms with Crippen LogP contribution in [-0.2, 0) is 6.61 Å². The van der Waals surface area contributed by atoms with E-state index < -0.39 is 0 Å². The van der Waals surface area contributed by atoms with Crippen molar-refractivity contribution in [2.45, 2.75) is 13.5 Å². The number of aromatic nitrogens is 1. The Morgan fingerprint density at radius 2 is 1.43 bits per heavy atom. The van der Waals surface area contributed by atoms with E-state index >= 15 is 0 Å². The van der Waals surface area contributed by atoms with Crippen molar-refractivity contribution in [2.75, 3.05) is 0 Å². The van der Waals surface area contributed by atoms with Crippen LogP contribution in [0.1, 0.15) is 43.4 Å². The van der Waals surface area contributed by atoms with Gasteiger partial charge in [-0.1, -0.05) is 89.6 Å². The maximum atomic E-state index is 13.8. The van der Waals surface area contributed by atoms with E-state index in [2.05, 4.69) is 5.16 Å². The molecule has 6 nitrogen and oxygen atoms in total. The van der Waals surface area contributed by atoms with Crippen LogP contribution in [0.15, 0.2) is 112 Å². The molecule has 0 saturated heterocycles. The number of carbonyl (C=O) groups is 2. The number of fused-ring (bicyclic) bond motifs is 1. The van der Waals surface area contributed by atoms with E-state index in [9.17, 15) is 9.59 Å². The molecule has 0 spiro atoms. The van der Waals surface area contributed by atoms with Crippen molar-refractivity contribution in [2.24, 2.45) is 0 Å². The first-order valence-electron chi connectivity index (χ1n) is 12.6. The molecule has 0 radical (unpaired) electrons. The Bertz CT molecular complexity index is 1840. The highest BCUT2D eigenvalue weighted by atomic mass is 35.5. The molecular formula is C33H22ClNO5. The number of hydrogen-bond acceptors (Lipinski definition) is 6. The molecule has 6 aromatic rings. The molecule has 4 aromatic carbocycles. The summed E-state index contributed by atoms with van der Waals surface area (Å²) in [6.07, 6.45) is 0. The minimum absolute atomic E-state index is 0.000958. The van der Waals surface area contributed by atoms with E-state index in [1.165, 1.54) is 0 Å². The van der Waals surface area contributed by atoms with Crippen molar-refractivity contribution in [3.63, 3.8) is 0 Å². The second-order valence-corrected chi connectivity index (χ2v) is 9.70.